The monoisotopic (exact) mass is 380 g/mol. The maximum Gasteiger partial charge on any atom is 0.235 e. The third-order valence-corrected chi connectivity index (χ3v) is 6.88. The van der Waals surface area contributed by atoms with E-state index < -0.39 is 0 Å². The Morgan fingerprint density at radius 3 is 2.14 bits per heavy atom. The van der Waals surface area contributed by atoms with E-state index in [1.807, 2.05) is 6.92 Å². The molecule has 4 aliphatic carbocycles. The summed E-state index contributed by atoms with van der Waals surface area (Å²) in [6.45, 7) is 3.90. The van der Waals surface area contributed by atoms with E-state index in [9.17, 15) is 14.4 Å². The fourth-order valence-corrected chi connectivity index (χ4v) is 5.55. The van der Waals surface area contributed by atoms with Crippen molar-refractivity contribution in [3.05, 3.63) is 36.4 Å². The van der Waals surface area contributed by atoms with Crippen LogP contribution >= 0.6 is 0 Å². The molecule has 6 rings (SSSR count). The summed E-state index contributed by atoms with van der Waals surface area (Å²) in [7, 11) is 0. The van der Waals surface area contributed by atoms with Crippen LogP contribution in [0, 0.1) is 35.5 Å². The Labute approximate surface area is 164 Å². The SMILES string of the molecule is CCOc1ccc(N(CN2C(=O)[C@H]3[C@@H]4C=C[C@H]([C@H]5C[C@H]45)[C@@H]3C2=O)C(C)=O)cc1. The van der Waals surface area contributed by atoms with E-state index in [0.717, 1.165) is 12.2 Å². The van der Waals surface area contributed by atoms with Gasteiger partial charge in [-0.3, -0.25) is 24.2 Å². The van der Waals surface area contributed by atoms with Gasteiger partial charge in [0.15, 0.2) is 0 Å². The molecule has 6 nitrogen and oxygen atoms in total. The summed E-state index contributed by atoms with van der Waals surface area (Å²) >= 11 is 0. The quantitative estimate of drug-likeness (QED) is 0.581. The number of imide groups is 1. The average Bonchev–Trinajstić information content (AvgIpc) is 3.47. The maximum absolute atomic E-state index is 13.1. The van der Waals surface area contributed by atoms with Crippen molar-refractivity contribution in [1.82, 2.24) is 4.90 Å². The first kappa shape index (κ1) is 17.5. The molecule has 1 aromatic rings. The minimum Gasteiger partial charge on any atom is -0.494 e. The molecule has 6 atom stereocenters. The summed E-state index contributed by atoms with van der Waals surface area (Å²) in [6.07, 6.45) is 5.45. The predicted molar refractivity (Wildman–Crippen MR) is 102 cm³/mol. The zero-order valence-corrected chi connectivity index (χ0v) is 16.1. The second-order valence-electron chi connectivity index (χ2n) is 8.27. The number of carbonyl (C=O) groups excluding carboxylic acids is 3. The molecule has 1 aromatic carbocycles. The van der Waals surface area contributed by atoms with Crippen molar-refractivity contribution in [3.63, 3.8) is 0 Å². The number of hydrogen-bond donors (Lipinski definition) is 0. The summed E-state index contributed by atoms with van der Waals surface area (Å²) in [4.78, 5) is 41.4. The first-order valence-electron chi connectivity index (χ1n) is 10.1. The van der Waals surface area contributed by atoms with Crippen LogP contribution in [0.2, 0.25) is 0 Å². The van der Waals surface area contributed by atoms with Gasteiger partial charge in [0, 0.05) is 12.6 Å². The highest BCUT2D eigenvalue weighted by Gasteiger charge is 2.67. The Morgan fingerprint density at radius 2 is 1.64 bits per heavy atom. The number of nitrogens with zero attached hydrogens (tertiary/aromatic N) is 2. The normalized spacial score (nSPS) is 34.3. The third-order valence-electron chi connectivity index (χ3n) is 6.88. The largest absolute Gasteiger partial charge is 0.494 e. The van der Waals surface area contributed by atoms with E-state index in [4.69, 9.17) is 4.74 Å². The summed E-state index contributed by atoms with van der Waals surface area (Å²) in [5.74, 6) is 1.34. The highest BCUT2D eigenvalue weighted by atomic mass is 16.5. The number of amides is 3. The maximum atomic E-state index is 13.1. The Hall–Kier alpha value is -2.63. The summed E-state index contributed by atoms with van der Waals surface area (Å²) in [5.41, 5.74) is 0.648. The van der Waals surface area contributed by atoms with Crippen LogP contribution < -0.4 is 9.64 Å². The molecule has 1 saturated heterocycles. The fraction of sp³-hybridized carbons (Fsp3) is 0.500. The average molecular weight is 380 g/mol. The number of carbonyl (C=O) groups is 3. The van der Waals surface area contributed by atoms with Crippen molar-refractivity contribution in [3.8, 4) is 5.75 Å². The Kier molecular flexibility index (Phi) is 3.86. The number of rotatable bonds is 5. The van der Waals surface area contributed by atoms with E-state index in [1.54, 1.807) is 24.3 Å². The Balaban J connectivity index is 1.39. The second kappa shape index (κ2) is 6.19. The molecule has 2 saturated carbocycles. The fourth-order valence-electron chi connectivity index (χ4n) is 5.55. The molecular formula is C22H24N2O4. The standard InChI is InChI=1S/C22H24N2O4/c1-3-28-14-6-4-13(5-7-14)23(12(2)25)11-24-21(26)19-15-8-9-16(18-10-17(15)18)20(19)22(24)27/h4-9,15-20H,3,10-11H2,1-2H3/t15-,16-,17-,18-,19+,20+/m1/s1. The third kappa shape index (κ3) is 2.43. The van der Waals surface area contributed by atoms with Gasteiger partial charge >= 0.3 is 0 Å². The first-order valence-corrected chi connectivity index (χ1v) is 10.1. The molecule has 0 N–H and O–H groups in total. The van der Waals surface area contributed by atoms with Gasteiger partial charge in [-0.2, -0.15) is 0 Å². The van der Waals surface area contributed by atoms with Gasteiger partial charge in [0.25, 0.3) is 0 Å². The van der Waals surface area contributed by atoms with Crippen LogP contribution in [0.1, 0.15) is 20.3 Å². The molecule has 1 heterocycles. The molecule has 28 heavy (non-hydrogen) atoms. The second-order valence-corrected chi connectivity index (χ2v) is 8.27. The van der Waals surface area contributed by atoms with Gasteiger partial charge in [0.05, 0.1) is 18.4 Å². The number of ether oxygens (including phenoxy) is 1. The van der Waals surface area contributed by atoms with Gasteiger partial charge in [-0.15, -0.1) is 0 Å². The molecule has 5 aliphatic rings. The van der Waals surface area contributed by atoms with Crippen molar-refractivity contribution in [2.24, 2.45) is 35.5 Å². The van der Waals surface area contributed by atoms with Crippen LogP contribution in [0.4, 0.5) is 5.69 Å². The van der Waals surface area contributed by atoms with E-state index in [2.05, 4.69) is 12.2 Å². The molecule has 0 radical (unpaired) electrons. The summed E-state index contributed by atoms with van der Waals surface area (Å²) in [5, 5.41) is 0. The van der Waals surface area contributed by atoms with Gasteiger partial charge in [-0.05, 0) is 61.3 Å². The minimum absolute atomic E-state index is 0.0250. The van der Waals surface area contributed by atoms with Crippen LogP contribution in [-0.2, 0) is 14.4 Å². The van der Waals surface area contributed by atoms with E-state index >= 15 is 0 Å². The van der Waals surface area contributed by atoms with Crippen molar-refractivity contribution in [2.75, 3.05) is 18.2 Å². The minimum atomic E-state index is -0.236. The van der Waals surface area contributed by atoms with Crippen LogP contribution in [0.25, 0.3) is 0 Å². The number of allylic oxidation sites excluding steroid dienone is 2. The lowest BCUT2D eigenvalue weighted by Gasteiger charge is -2.37. The molecular weight excluding hydrogens is 356 g/mol. The van der Waals surface area contributed by atoms with Crippen molar-refractivity contribution in [2.45, 2.75) is 20.3 Å². The highest BCUT2D eigenvalue weighted by Crippen LogP contribution is 2.65. The zero-order chi connectivity index (χ0) is 19.6. The van der Waals surface area contributed by atoms with Gasteiger partial charge in [0.2, 0.25) is 17.7 Å². The highest BCUT2D eigenvalue weighted by molar-refractivity contribution is 6.07. The lowest BCUT2D eigenvalue weighted by Crippen LogP contribution is -2.44. The van der Waals surface area contributed by atoms with Crippen molar-refractivity contribution in [1.29, 1.82) is 0 Å². The van der Waals surface area contributed by atoms with E-state index in [-0.39, 0.29) is 48.1 Å². The smallest absolute Gasteiger partial charge is 0.235 e. The van der Waals surface area contributed by atoms with Gasteiger partial charge < -0.3 is 4.74 Å². The zero-order valence-electron chi connectivity index (χ0n) is 16.1. The molecule has 146 valence electrons. The number of hydrogen-bond acceptors (Lipinski definition) is 4. The van der Waals surface area contributed by atoms with Gasteiger partial charge in [0.1, 0.15) is 12.4 Å². The first-order chi connectivity index (χ1) is 13.5. The molecule has 0 unspecified atom stereocenters. The van der Waals surface area contributed by atoms with Crippen molar-refractivity contribution >= 4 is 23.4 Å². The summed E-state index contributed by atoms with van der Waals surface area (Å²) in [6, 6.07) is 7.15. The van der Waals surface area contributed by atoms with Crippen molar-refractivity contribution < 1.29 is 19.1 Å². The number of benzene rings is 1. The van der Waals surface area contributed by atoms with E-state index in [0.29, 0.717) is 24.1 Å². The van der Waals surface area contributed by atoms with E-state index in [1.165, 1.54) is 16.7 Å². The Morgan fingerprint density at radius 1 is 1.07 bits per heavy atom. The predicted octanol–water partition coefficient (Wildman–Crippen LogP) is 2.45. The lowest BCUT2D eigenvalue weighted by molar-refractivity contribution is -0.140. The molecule has 1 aliphatic heterocycles. The number of anilines is 1. The molecule has 6 heteroatoms. The molecule has 3 fully saturated rings. The Bertz CT molecular complexity index is 841. The topological polar surface area (TPSA) is 66.9 Å². The molecule has 3 amide bonds. The van der Waals surface area contributed by atoms with Gasteiger partial charge in [-0.1, -0.05) is 12.2 Å². The summed E-state index contributed by atoms with van der Waals surface area (Å²) < 4.78 is 5.45. The molecule has 0 aromatic heterocycles. The molecule has 2 bridgehead atoms. The van der Waals surface area contributed by atoms with Crippen LogP contribution in [-0.4, -0.2) is 35.9 Å². The van der Waals surface area contributed by atoms with Crippen LogP contribution in [0.15, 0.2) is 36.4 Å². The van der Waals surface area contributed by atoms with Gasteiger partial charge in [-0.25, -0.2) is 0 Å². The van der Waals surface area contributed by atoms with Crippen LogP contribution in [0.5, 0.6) is 5.75 Å². The molecule has 0 spiro atoms. The van der Waals surface area contributed by atoms with Crippen LogP contribution in [0.3, 0.4) is 0 Å². The number of likely N-dealkylation sites (tertiary alicyclic amines) is 1. The lowest BCUT2D eigenvalue weighted by atomic mass is 9.63.